The van der Waals surface area contributed by atoms with Crippen LogP contribution in [0, 0.1) is 39.4 Å². The molecule has 3 saturated carbocycles. The van der Waals surface area contributed by atoms with Crippen LogP contribution in [0.4, 0.5) is 0 Å². The van der Waals surface area contributed by atoms with Crippen molar-refractivity contribution in [2.75, 3.05) is 14.2 Å². The topological polar surface area (TPSA) is 124 Å². The Balaban J connectivity index is 2.25. The van der Waals surface area contributed by atoms with Crippen molar-refractivity contribution in [1.82, 2.24) is 0 Å². The van der Waals surface area contributed by atoms with Crippen LogP contribution >= 0.6 is 0 Å². The summed E-state index contributed by atoms with van der Waals surface area (Å²) >= 11 is 0. The zero-order valence-corrected chi connectivity index (χ0v) is 22.1. The SMILES string of the molecule is C=C1CC2C3(C)CCC(=O)C(C)(C)C3C(=O)CC2(C)C(C(=O)OC)C1(C)C(=O)C(C)(O)C(=O)OC. The number of carbonyl (C=O) groups excluding carboxylic acids is 5. The summed E-state index contributed by atoms with van der Waals surface area (Å²) in [5.74, 6) is -4.83. The highest BCUT2D eigenvalue weighted by Crippen LogP contribution is 2.70. The van der Waals surface area contributed by atoms with Crippen molar-refractivity contribution in [2.45, 2.75) is 72.8 Å². The second-order valence-corrected chi connectivity index (χ2v) is 12.1. The van der Waals surface area contributed by atoms with Crippen LogP contribution < -0.4 is 0 Å². The number of hydrogen-bond donors (Lipinski definition) is 1. The lowest BCUT2D eigenvalue weighted by Crippen LogP contribution is -2.69. The Bertz CT molecular complexity index is 1020. The van der Waals surface area contributed by atoms with Gasteiger partial charge < -0.3 is 14.6 Å². The predicted molar refractivity (Wildman–Crippen MR) is 126 cm³/mol. The molecule has 0 radical (unpaired) electrons. The molecule has 8 nitrogen and oxygen atoms in total. The summed E-state index contributed by atoms with van der Waals surface area (Å²) < 4.78 is 9.82. The van der Waals surface area contributed by atoms with E-state index in [0.29, 0.717) is 24.8 Å². The highest BCUT2D eigenvalue weighted by Gasteiger charge is 2.72. The third kappa shape index (κ3) is 3.39. The fraction of sp³-hybridized carbons (Fsp3) is 0.741. The Morgan fingerprint density at radius 2 is 1.60 bits per heavy atom. The van der Waals surface area contributed by atoms with E-state index >= 15 is 0 Å². The molecule has 35 heavy (non-hydrogen) atoms. The number of methoxy groups -OCH3 is 2. The van der Waals surface area contributed by atoms with Crippen molar-refractivity contribution in [2.24, 2.45) is 39.4 Å². The third-order valence-electron chi connectivity index (χ3n) is 9.82. The van der Waals surface area contributed by atoms with E-state index in [0.717, 1.165) is 14.0 Å². The Morgan fingerprint density at radius 1 is 1.03 bits per heavy atom. The molecular weight excluding hydrogens is 452 g/mol. The van der Waals surface area contributed by atoms with Gasteiger partial charge in [0.1, 0.15) is 11.6 Å². The minimum atomic E-state index is -2.54. The van der Waals surface area contributed by atoms with E-state index in [1.165, 1.54) is 14.0 Å². The molecule has 1 N–H and O–H groups in total. The van der Waals surface area contributed by atoms with Crippen molar-refractivity contribution >= 4 is 29.3 Å². The monoisotopic (exact) mass is 490 g/mol. The van der Waals surface area contributed by atoms with Gasteiger partial charge in [0.15, 0.2) is 5.78 Å². The summed E-state index contributed by atoms with van der Waals surface area (Å²) in [4.78, 5) is 66.2. The summed E-state index contributed by atoms with van der Waals surface area (Å²) in [5, 5.41) is 10.9. The van der Waals surface area contributed by atoms with Crippen LogP contribution in [0.3, 0.4) is 0 Å². The number of aliphatic hydroxyl groups is 1. The first-order valence-electron chi connectivity index (χ1n) is 12.1. The Hall–Kier alpha value is -2.35. The summed E-state index contributed by atoms with van der Waals surface area (Å²) in [6.07, 6.45) is 1.07. The van der Waals surface area contributed by atoms with E-state index in [-0.39, 0.29) is 23.9 Å². The number of ether oxygens (including phenoxy) is 2. The summed E-state index contributed by atoms with van der Waals surface area (Å²) in [7, 11) is 2.27. The van der Waals surface area contributed by atoms with E-state index in [1.54, 1.807) is 0 Å². The quantitative estimate of drug-likeness (QED) is 0.362. The summed E-state index contributed by atoms with van der Waals surface area (Å²) in [6.45, 7) is 14.1. The van der Waals surface area contributed by atoms with E-state index < -0.39 is 56.8 Å². The molecule has 8 heteroatoms. The number of hydrogen-bond acceptors (Lipinski definition) is 8. The Kier molecular flexibility index (Phi) is 6.29. The van der Waals surface area contributed by atoms with E-state index in [4.69, 9.17) is 4.74 Å². The standard InChI is InChI=1S/C27H38O8/c1-14-12-16-24(4)11-10-17(29)23(2,3)18(24)15(28)13-25(16,5)19(20(30)34-8)26(14,6)21(31)27(7,33)22(32)35-9/h16,18-19,33H,1,10-13H2,2-9H3. The van der Waals surface area contributed by atoms with Gasteiger partial charge in [0.05, 0.1) is 25.6 Å². The lowest BCUT2D eigenvalue weighted by Gasteiger charge is -2.66. The molecule has 0 saturated heterocycles. The molecule has 0 aliphatic heterocycles. The molecule has 3 fully saturated rings. The van der Waals surface area contributed by atoms with Gasteiger partial charge in [-0.25, -0.2) is 4.79 Å². The number of allylic oxidation sites excluding steroid dienone is 1. The van der Waals surface area contributed by atoms with Gasteiger partial charge >= 0.3 is 11.9 Å². The zero-order chi connectivity index (χ0) is 26.9. The van der Waals surface area contributed by atoms with Crippen LogP contribution in [0.15, 0.2) is 12.2 Å². The molecule has 3 rings (SSSR count). The fourth-order valence-electron chi connectivity index (χ4n) is 8.14. The number of Topliss-reactive ketones (excluding diaryl/α,β-unsaturated/α-hetero) is 3. The van der Waals surface area contributed by atoms with Crippen molar-refractivity contribution in [1.29, 1.82) is 0 Å². The molecule has 7 unspecified atom stereocenters. The van der Waals surface area contributed by atoms with Gasteiger partial charge in [-0.2, -0.15) is 0 Å². The zero-order valence-electron chi connectivity index (χ0n) is 22.1. The number of rotatable bonds is 4. The highest BCUT2D eigenvalue weighted by molar-refractivity contribution is 6.11. The molecule has 0 bridgehead atoms. The minimum Gasteiger partial charge on any atom is -0.469 e. The average Bonchev–Trinajstić information content (AvgIpc) is 2.76. The molecule has 0 aromatic carbocycles. The molecule has 0 spiro atoms. The maximum Gasteiger partial charge on any atom is 0.345 e. The number of ketones is 3. The van der Waals surface area contributed by atoms with Crippen molar-refractivity contribution < 1.29 is 38.6 Å². The molecule has 0 aromatic heterocycles. The van der Waals surface area contributed by atoms with Gasteiger partial charge in [0, 0.05) is 24.2 Å². The van der Waals surface area contributed by atoms with Crippen LogP contribution in [0.5, 0.6) is 0 Å². The second-order valence-electron chi connectivity index (χ2n) is 12.1. The number of carbonyl (C=O) groups is 5. The lowest BCUT2D eigenvalue weighted by atomic mass is 9.35. The van der Waals surface area contributed by atoms with Crippen molar-refractivity contribution in [3.63, 3.8) is 0 Å². The normalized spacial score (nSPS) is 40.1. The van der Waals surface area contributed by atoms with E-state index in [1.807, 2.05) is 27.7 Å². The first kappa shape index (κ1) is 27.2. The van der Waals surface area contributed by atoms with Gasteiger partial charge in [-0.3, -0.25) is 19.2 Å². The van der Waals surface area contributed by atoms with Crippen LogP contribution in [-0.4, -0.2) is 54.2 Å². The van der Waals surface area contributed by atoms with Gasteiger partial charge in [-0.15, -0.1) is 0 Å². The van der Waals surface area contributed by atoms with Gasteiger partial charge in [-0.1, -0.05) is 39.8 Å². The molecular formula is C27H38O8. The highest BCUT2D eigenvalue weighted by atomic mass is 16.5. The average molecular weight is 491 g/mol. The fourth-order valence-corrected chi connectivity index (χ4v) is 8.14. The molecule has 3 aliphatic carbocycles. The predicted octanol–water partition coefficient (Wildman–Crippen LogP) is 2.84. The Morgan fingerprint density at radius 3 is 2.11 bits per heavy atom. The van der Waals surface area contributed by atoms with E-state index in [2.05, 4.69) is 11.3 Å². The smallest absolute Gasteiger partial charge is 0.345 e. The second kappa shape index (κ2) is 8.08. The molecule has 0 aromatic rings. The van der Waals surface area contributed by atoms with Crippen LogP contribution in [0.25, 0.3) is 0 Å². The maximum atomic E-state index is 13.8. The third-order valence-corrected chi connectivity index (χ3v) is 9.82. The summed E-state index contributed by atoms with van der Waals surface area (Å²) in [5.41, 5.74) is -6.35. The van der Waals surface area contributed by atoms with E-state index in [9.17, 15) is 29.1 Å². The lowest BCUT2D eigenvalue weighted by molar-refractivity contribution is -0.200. The van der Waals surface area contributed by atoms with Crippen LogP contribution in [0.2, 0.25) is 0 Å². The maximum absolute atomic E-state index is 13.8. The molecule has 7 atom stereocenters. The number of esters is 2. The largest absolute Gasteiger partial charge is 0.469 e. The van der Waals surface area contributed by atoms with Gasteiger partial charge in [0.2, 0.25) is 5.60 Å². The molecule has 0 amide bonds. The molecule has 0 heterocycles. The van der Waals surface area contributed by atoms with Crippen LogP contribution in [-0.2, 0) is 33.4 Å². The van der Waals surface area contributed by atoms with Crippen molar-refractivity contribution in [3.8, 4) is 0 Å². The van der Waals surface area contributed by atoms with Gasteiger partial charge in [-0.05, 0) is 43.4 Å². The first-order chi connectivity index (χ1) is 15.9. The molecule has 194 valence electrons. The van der Waals surface area contributed by atoms with Crippen molar-refractivity contribution in [3.05, 3.63) is 12.2 Å². The van der Waals surface area contributed by atoms with Gasteiger partial charge in [0.25, 0.3) is 0 Å². The Labute approximate surface area is 206 Å². The first-order valence-corrected chi connectivity index (χ1v) is 12.1. The minimum absolute atomic E-state index is 0.0368. The summed E-state index contributed by atoms with van der Waals surface area (Å²) in [6, 6.07) is 0. The van der Waals surface area contributed by atoms with Crippen LogP contribution in [0.1, 0.15) is 67.2 Å². The number of fused-ring (bicyclic) bond motifs is 3. The molecule has 3 aliphatic rings.